The van der Waals surface area contributed by atoms with Gasteiger partial charge in [0.05, 0.1) is 0 Å². The van der Waals surface area contributed by atoms with Gasteiger partial charge in [-0.1, -0.05) is 12.2 Å². The molecule has 3 nitrogen and oxygen atoms in total. The van der Waals surface area contributed by atoms with Crippen molar-refractivity contribution in [3.05, 3.63) is 12.2 Å². The fourth-order valence-corrected chi connectivity index (χ4v) is 2.38. The summed E-state index contributed by atoms with van der Waals surface area (Å²) in [5.41, 5.74) is 1.30. The lowest BCUT2D eigenvalue weighted by molar-refractivity contribution is 0.152. The molecule has 12 heavy (non-hydrogen) atoms. The van der Waals surface area contributed by atoms with E-state index < -0.39 is 6.09 Å². The van der Waals surface area contributed by atoms with Crippen LogP contribution >= 0.6 is 0 Å². The molecule has 0 aromatic rings. The third-order valence-electron chi connectivity index (χ3n) is 2.95. The highest BCUT2D eigenvalue weighted by molar-refractivity contribution is 5.65. The topological polar surface area (TPSA) is 40.5 Å². The molecule has 1 aliphatic heterocycles. The normalized spacial score (nSPS) is 34.0. The highest BCUT2D eigenvalue weighted by Crippen LogP contribution is 2.40. The Morgan fingerprint density at radius 2 is 1.92 bits per heavy atom. The average Bonchev–Trinajstić information content (AvgIpc) is 2.42. The standard InChI is InChI=1S/C9H13NO2/c1-6-2-7-4-10(9(11)12)5-8(7)3-6/h7-8H,1-5H2,(H,11,12)/t7-,8?/m1/s1. The summed E-state index contributed by atoms with van der Waals surface area (Å²) in [6.07, 6.45) is 1.30. The van der Waals surface area contributed by atoms with Gasteiger partial charge in [0.25, 0.3) is 0 Å². The molecule has 1 amide bonds. The van der Waals surface area contributed by atoms with Crippen LogP contribution in [0.15, 0.2) is 12.2 Å². The summed E-state index contributed by atoms with van der Waals surface area (Å²) in [7, 11) is 0. The lowest BCUT2D eigenvalue weighted by Crippen LogP contribution is -2.27. The van der Waals surface area contributed by atoms with Crippen LogP contribution in [0.5, 0.6) is 0 Å². The van der Waals surface area contributed by atoms with Crippen LogP contribution in [0.4, 0.5) is 4.79 Å². The second-order valence-electron chi connectivity index (χ2n) is 3.87. The molecular formula is C9H13NO2. The van der Waals surface area contributed by atoms with Crippen molar-refractivity contribution in [2.24, 2.45) is 11.8 Å². The van der Waals surface area contributed by atoms with Crippen molar-refractivity contribution in [1.29, 1.82) is 0 Å². The molecule has 66 valence electrons. The van der Waals surface area contributed by atoms with Crippen LogP contribution in [0.1, 0.15) is 12.8 Å². The van der Waals surface area contributed by atoms with E-state index in [1.807, 2.05) is 0 Å². The van der Waals surface area contributed by atoms with Gasteiger partial charge in [-0.3, -0.25) is 0 Å². The summed E-state index contributed by atoms with van der Waals surface area (Å²) in [5, 5.41) is 8.74. The number of rotatable bonds is 0. The first kappa shape index (κ1) is 7.65. The Morgan fingerprint density at radius 1 is 1.42 bits per heavy atom. The van der Waals surface area contributed by atoms with Gasteiger partial charge in [-0.2, -0.15) is 0 Å². The van der Waals surface area contributed by atoms with Gasteiger partial charge >= 0.3 is 6.09 Å². The second kappa shape index (κ2) is 2.51. The number of carbonyl (C=O) groups is 1. The molecule has 2 atom stereocenters. The molecule has 2 rings (SSSR count). The third kappa shape index (κ3) is 1.09. The molecule has 0 aromatic carbocycles. The van der Waals surface area contributed by atoms with E-state index in [2.05, 4.69) is 6.58 Å². The molecule has 0 bridgehead atoms. The first-order chi connectivity index (χ1) is 5.66. The molecule has 0 radical (unpaired) electrons. The number of allylic oxidation sites excluding steroid dienone is 1. The van der Waals surface area contributed by atoms with Crippen LogP contribution in [-0.4, -0.2) is 29.2 Å². The summed E-state index contributed by atoms with van der Waals surface area (Å²) in [6.45, 7) is 5.38. The SMILES string of the molecule is C=C1CC2CN(C(=O)O)C[C@H]2C1. The Morgan fingerprint density at radius 3 is 2.33 bits per heavy atom. The highest BCUT2D eigenvalue weighted by Gasteiger charge is 2.39. The van der Waals surface area contributed by atoms with Crippen LogP contribution in [0.25, 0.3) is 0 Å². The maximum Gasteiger partial charge on any atom is 0.407 e. The zero-order valence-electron chi connectivity index (χ0n) is 6.99. The lowest BCUT2D eigenvalue weighted by Gasteiger charge is -2.12. The van der Waals surface area contributed by atoms with Gasteiger partial charge in [-0.05, 0) is 24.7 Å². The van der Waals surface area contributed by atoms with E-state index in [4.69, 9.17) is 5.11 Å². The van der Waals surface area contributed by atoms with E-state index in [0.717, 1.165) is 25.9 Å². The van der Waals surface area contributed by atoms with E-state index in [1.54, 1.807) is 0 Å². The van der Waals surface area contributed by atoms with Crippen LogP contribution in [0.2, 0.25) is 0 Å². The van der Waals surface area contributed by atoms with Crippen molar-refractivity contribution in [2.75, 3.05) is 13.1 Å². The van der Waals surface area contributed by atoms with Crippen molar-refractivity contribution in [2.45, 2.75) is 12.8 Å². The summed E-state index contributed by atoms with van der Waals surface area (Å²) in [5.74, 6) is 1.13. The van der Waals surface area contributed by atoms with Gasteiger partial charge in [0.1, 0.15) is 0 Å². The zero-order chi connectivity index (χ0) is 8.72. The zero-order valence-corrected chi connectivity index (χ0v) is 6.99. The van der Waals surface area contributed by atoms with Crippen molar-refractivity contribution in [3.63, 3.8) is 0 Å². The molecule has 1 unspecified atom stereocenters. The largest absolute Gasteiger partial charge is 0.465 e. The molecule has 2 fully saturated rings. The fourth-order valence-electron chi connectivity index (χ4n) is 2.38. The number of hydrogen-bond donors (Lipinski definition) is 1. The molecule has 2 aliphatic rings. The lowest BCUT2D eigenvalue weighted by atomic mass is 10.0. The molecule has 0 spiro atoms. The molecule has 3 heteroatoms. The number of fused-ring (bicyclic) bond motifs is 1. The van der Waals surface area contributed by atoms with Crippen LogP contribution < -0.4 is 0 Å². The molecule has 1 saturated carbocycles. The van der Waals surface area contributed by atoms with Crippen molar-refractivity contribution in [3.8, 4) is 0 Å². The van der Waals surface area contributed by atoms with Crippen LogP contribution in [-0.2, 0) is 0 Å². The Hall–Kier alpha value is -0.990. The summed E-state index contributed by atoms with van der Waals surface area (Å²) < 4.78 is 0. The molecular weight excluding hydrogens is 154 g/mol. The minimum Gasteiger partial charge on any atom is -0.465 e. The number of hydrogen-bond acceptors (Lipinski definition) is 1. The monoisotopic (exact) mass is 167 g/mol. The minimum atomic E-state index is -0.769. The van der Waals surface area contributed by atoms with Gasteiger partial charge in [0.15, 0.2) is 0 Å². The van der Waals surface area contributed by atoms with Gasteiger partial charge < -0.3 is 10.0 Å². The van der Waals surface area contributed by atoms with E-state index in [0.29, 0.717) is 11.8 Å². The number of amides is 1. The third-order valence-corrected chi connectivity index (χ3v) is 2.95. The van der Waals surface area contributed by atoms with Gasteiger partial charge in [0, 0.05) is 13.1 Å². The minimum absolute atomic E-state index is 0.564. The summed E-state index contributed by atoms with van der Waals surface area (Å²) in [6, 6.07) is 0. The Bertz CT molecular complexity index is 221. The highest BCUT2D eigenvalue weighted by atomic mass is 16.4. The molecule has 1 aliphatic carbocycles. The fraction of sp³-hybridized carbons (Fsp3) is 0.667. The Labute approximate surface area is 71.7 Å². The molecule has 1 saturated heterocycles. The maximum absolute atomic E-state index is 10.6. The number of carboxylic acid groups (broad SMARTS) is 1. The first-order valence-electron chi connectivity index (χ1n) is 4.31. The molecule has 1 heterocycles. The van der Waals surface area contributed by atoms with Crippen molar-refractivity contribution in [1.82, 2.24) is 4.90 Å². The predicted molar refractivity (Wildman–Crippen MR) is 45.0 cm³/mol. The van der Waals surface area contributed by atoms with Crippen LogP contribution in [0, 0.1) is 11.8 Å². The predicted octanol–water partition coefficient (Wildman–Crippen LogP) is 1.56. The summed E-state index contributed by atoms with van der Waals surface area (Å²) in [4.78, 5) is 12.1. The Kier molecular flexibility index (Phi) is 1.60. The first-order valence-corrected chi connectivity index (χ1v) is 4.31. The van der Waals surface area contributed by atoms with Crippen LogP contribution in [0.3, 0.4) is 0 Å². The molecule has 1 N–H and O–H groups in total. The van der Waals surface area contributed by atoms with E-state index in [1.165, 1.54) is 10.5 Å². The van der Waals surface area contributed by atoms with E-state index in [-0.39, 0.29) is 0 Å². The number of nitrogens with zero attached hydrogens (tertiary/aromatic N) is 1. The van der Waals surface area contributed by atoms with Gasteiger partial charge in [-0.15, -0.1) is 0 Å². The maximum atomic E-state index is 10.6. The van der Waals surface area contributed by atoms with Crippen molar-refractivity contribution < 1.29 is 9.90 Å². The van der Waals surface area contributed by atoms with E-state index >= 15 is 0 Å². The average molecular weight is 167 g/mol. The van der Waals surface area contributed by atoms with Gasteiger partial charge in [-0.25, -0.2) is 4.79 Å². The summed E-state index contributed by atoms with van der Waals surface area (Å²) >= 11 is 0. The Balaban J connectivity index is 2.02. The molecule has 0 aromatic heterocycles. The smallest absolute Gasteiger partial charge is 0.407 e. The van der Waals surface area contributed by atoms with E-state index in [9.17, 15) is 4.79 Å². The quantitative estimate of drug-likeness (QED) is 0.556. The second-order valence-corrected chi connectivity index (χ2v) is 3.87. The van der Waals surface area contributed by atoms with Gasteiger partial charge in [0.2, 0.25) is 0 Å². The van der Waals surface area contributed by atoms with Crippen molar-refractivity contribution >= 4 is 6.09 Å². The number of likely N-dealkylation sites (tertiary alicyclic amines) is 1.